The molecule has 294 valence electrons. The van der Waals surface area contributed by atoms with E-state index in [-0.39, 0.29) is 22.3 Å². The third kappa shape index (κ3) is 7.41. The van der Waals surface area contributed by atoms with E-state index in [1.165, 1.54) is 36.6 Å². The van der Waals surface area contributed by atoms with E-state index in [9.17, 15) is 29.4 Å². The molecule has 8 rings (SSSR count). The fraction of sp³-hybridized carbons (Fsp3) is 0.302. The first-order chi connectivity index (χ1) is 27.6. The van der Waals surface area contributed by atoms with Crippen molar-refractivity contribution in [2.24, 2.45) is 5.92 Å². The van der Waals surface area contributed by atoms with E-state index in [1.54, 1.807) is 104 Å². The van der Waals surface area contributed by atoms with E-state index in [1.807, 2.05) is 0 Å². The number of benzene rings is 4. The summed E-state index contributed by atoms with van der Waals surface area (Å²) in [5.41, 5.74) is -2.26. The minimum absolute atomic E-state index is 0.129. The van der Waals surface area contributed by atoms with Crippen LogP contribution in [-0.4, -0.2) is 101 Å². The summed E-state index contributed by atoms with van der Waals surface area (Å²) in [5, 5.41) is 24.0. The average molecular weight is 779 g/mol. The molecule has 4 aromatic carbocycles. The minimum atomic E-state index is -1.88. The highest BCUT2D eigenvalue weighted by molar-refractivity contribution is 5.91. The van der Waals surface area contributed by atoms with Crippen molar-refractivity contribution in [3.8, 4) is 0 Å². The van der Waals surface area contributed by atoms with Gasteiger partial charge in [0.25, 0.3) is 0 Å². The maximum atomic E-state index is 13.6. The van der Waals surface area contributed by atoms with Crippen LogP contribution in [0, 0.1) is 5.92 Å². The lowest BCUT2D eigenvalue weighted by Gasteiger charge is -2.46. The quantitative estimate of drug-likeness (QED) is 0.126. The first kappa shape index (κ1) is 38.0. The van der Waals surface area contributed by atoms with Gasteiger partial charge in [-0.15, -0.1) is 0 Å². The average Bonchev–Trinajstić information content (AvgIpc) is 3.87. The molecule has 0 spiro atoms. The zero-order valence-corrected chi connectivity index (χ0v) is 30.4. The van der Waals surface area contributed by atoms with Gasteiger partial charge in [0.15, 0.2) is 18.3 Å². The SMILES string of the molecule is C[C@]12O[C@H]1[C@@H](OC(=O)c1ccccc1)[C@]1(O)C=COC(O[C@@H]3O[C@H](COC(=O)c4ccccc4)[C@@H](O)[C@H](OC(=O)c4ccccc4)[C@H]3OC(=O)c3ccccc3)C12. The highest BCUT2D eigenvalue weighted by Gasteiger charge is 2.81. The largest absolute Gasteiger partial charge is 0.472 e. The Balaban J connectivity index is 1.11. The second kappa shape index (κ2) is 15.6. The molecule has 2 saturated heterocycles. The molecule has 1 aliphatic carbocycles. The van der Waals surface area contributed by atoms with Crippen molar-refractivity contribution in [3.05, 3.63) is 156 Å². The molecule has 2 unspecified atom stereocenters. The van der Waals surface area contributed by atoms with Crippen LogP contribution < -0.4 is 0 Å². The van der Waals surface area contributed by atoms with Gasteiger partial charge in [0.05, 0.1) is 34.4 Å². The van der Waals surface area contributed by atoms with Crippen LogP contribution in [0.3, 0.4) is 0 Å². The Hall–Kier alpha value is -5.90. The van der Waals surface area contributed by atoms with E-state index in [2.05, 4.69) is 0 Å². The number of ether oxygens (including phenoxy) is 8. The van der Waals surface area contributed by atoms with Crippen molar-refractivity contribution in [1.29, 1.82) is 0 Å². The molecule has 0 bridgehead atoms. The van der Waals surface area contributed by atoms with Crippen LogP contribution in [0.1, 0.15) is 48.4 Å². The van der Waals surface area contributed by atoms with Crippen molar-refractivity contribution in [2.75, 3.05) is 6.61 Å². The summed E-state index contributed by atoms with van der Waals surface area (Å²) in [7, 11) is 0. The van der Waals surface area contributed by atoms with Crippen LogP contribution in [-0.2, 0) is 37.9 Å². The Bertz CT molecular complexity index is 2110. The molecule has 3 fully saturated rings. The topological polar surface area (TPSA) is 186 Å². The van der Waals surface area contributed by atoms with E-state index in [4.69, 9.17) is 37.9 Å². The number of hydrogen-bond donors (Lipinski definition) is 2. The third-order valence-electron chi connectivity index (χ3n) is 10.6. The number of carbonyl (C=O) groups excluding carboxylic acids is 4. The van der Waals surface area contributed by atoms with Gasteiger partial charge in [0.2, 0.25) is 12.6 Å². The van der Waals surface area contributed by atoms with Crippen molar-refractivity contribution < 1.29 is 67.3 Å². The molecule has 2 N–H and O–H groups in total. The Morgan fingerprint density at radius 1 is 0.649 bits per heavy atom. The Morgan fingerprint density at radius 2 is 1.12 bits per heavy atom. The highest BCUT2D eigenvalue weighted by Crippen LogP contribution is 2.62. The van der Waals surface area contributed by atoms with Crippen LogP contribution in [0.15, 0.2) is 134 Å². The molecule has 14 nitrogen and oxygen atoms in total. The van der Waals surface area contributed by atoms with E-state index in [0.29, 0.717) is 0 Å². The van der Waals surface area contributed by atoms with Gasteiger partial charge in [-0.25, -0.2) is 19.2 Å². The molecule has 0 radical (unpaired) electrons. The van der Waals surface area contributed by atoms with Crippen LogP contribution in [0.25, 0.3) is 0 Å². The Kier molecular flexibility index (Phi) is 10.4. The standard InChI is InChI=1S/C43H38O14/c1-42-33-41(50-23-22-43(33,49)35(34(42)57-42)55-39(48)28-20-12-5-13-21-28)56-40-32(54-38(47)27-18-10-4-11-19-27)31(53-37(46)26-16-8-3-9-17-26)30(44)29(52-40)24-51-36(45)25-14-6-2-7-15-25/h2-23,29-35,40-41,44,49H,24H2,1H3/t29-,30-,31+,32-,33?,34+,35-,40+,41?,42-,43+/m1/s1. The first-order valence-electron chi connectivity index (χ1n) is 18.3. The van der Waals surface area contributed by atoms with Crippen molar-refractivity contribution in [1.82, 2.24) is 0 Å². The summed E-state index contributed by atoms with van der Waals surface area (Å²) in [4.78, 5) is 53.4. The summed E-state index contributed by atoms with van der Waals surface area (Å²) < 4.78 is 47.9. The second-order valence-corrected chi connectivity index (χ2v) is 14.2. The van der Waals surface area contributed by atoms with Gasteiger partial charge in [-0.3, -0.25) is 0 Å². The molecule has 4 aromatic rings. The monoisotopic (exact) mass is 778 g/mol. The van der Waals surface area contributed by atoms with E-state index in [0.717, 1.165) is 0 Å². The lowest BCUT2D eigenvalue weighted by Crippen LogP contribution is -2.64. The Labute approximate surface area is 326 Å². The Morgan fingerprint density at radius 3 is 1.65 bits per heavy atom. The zero-order chi connectivity index (χ0) is 39.7. The van der Waals surface area contributed by atoms with E-state index >= 15 is 0 Å². The summed E-state index contributed by atoms with van der Waals surface area (Å²) in [6, 6.07) is 32.3. The molecule has 14 heteroatoms. The maximum absolute atomic E-state index is 13.6. The maximum Gasteiger partial charge on any atom is 0.338 e. The number of epoxide rings is 1. The number of carbonyl (C=O) groups is 4. The molecule has 1 saturated carbocycles. The number of esters is 4. The van der Waals surface area contributed by atoms with Crippen LogP contribution in [0.2, 0.25) is 0 Å². The molecule has 4 aliphatic rings. The molecule has 57 heavy (non-hydrogen) atoms. The summed E-state index contributed by atoms with van der Waals surface area (Å²) in [6.07, 6.45) is -8.99. The number of aliphatic hydroxyl groups is 2. The number of aliphatic hydroxyl groups excluding tert-OH is 1. The zero-order valence-electron chi connectivity index (χ0n) is 30.4. The van der Waals surface area contributed by atoms with E-state index < -0.39 is 96.8 Å². The minimum Gasteiger partial charge on any atom is -0.472 e. The summed E-state index contributed by atoms with van der Waals surface area (Å²) >= 11 is 0. The predicted octanol–water partition coefficient (Wildman–Crippen LogP) is 4.01. The lowest BCUT2D eigenvalue weighted by atomic mass is 9.82. The summed E-state index contributed by atoms with van der Waals surface area (Å²) in [5.74, 6) is -4.20. The molecule has 0 aromatic heterocycles. The van der Waals surface area contributed by atoms with Gasteiger partial charge in [-0.1, -0.05) is 72.8 Å². The fourth-order valence-corrected chi connectivity index (χ4v) is 7.62. The van der Waals surface area contributed by atoms with Crippen LogP contribution in [0.5, 0.6) is 0 Å². The van der Waals surface area contributed by atoms with Gasteiger partial charge in [-0.2, -0.15) is 0 Å². The van der Waals surface area contributed by atoms with Gasteiger partial charge < -0.3 is 48.1 Å². The summed E-state index contributed by atoms with van der Waals surface area (Å²) in [6.45, 7) is 1.16. The van der Waals surface area contributed by atoms with Crippen molar-refractivity contribution in [3.63, 3.8) is 0 Å². The molecular formula is C43H38O14. The molecular weight excluding hydrogens is 740 g/mol. The third-order valence-corrected chi connectivity index (χ3v) is 10.6. The molecule has 0 amide bonds. The normalized spacial score (nSPS) is 32.1. The lowest BCUT2D eigenvalue weighted by molar-refractivity contribution is -0.348. The highest BCUT2D eigenvalue weighted by atomic mass is 16.8. The van der Waals surface area contributed by atoms with Crippen molar-refractivity contribution >= 4 is 23.9 Å². The molecule has 3 heterocycles. The van der Waals surface area contributed by atoms with Crippen LogP contribution in [0.4, 0.5) is 0 Å². The van der Waals surface area contributed by atoms with Gasteiger partial charge in [0.1, 0.15) is 36.1 Å². The number of hydrogen-bond acceptors (Lipinski definition) is 14. The first-order valence-corrected chi connectivity index (χ1v) is 18.3. The smallest absolute Gasteiger partial charge is 0.338 e. The number of rotatable bonds is 11. The fourth-order valence-electron chi connectivity index (χ4n) is 7.62. The molecule has 11 atom stereocenters. The number of fused-ring (bicyclic) bond motifs is 3. The predicted molar refractivity (Wildman–Crippen MR) is 195 cm³/mol. The van der Waals surface area contributed by atoms with Gasteiger partial charge in [-0.05, 0) is 61.5 Å². The van der Waals surface area contributed by atoms with Gasteiger partial charge >= 0.3 is 23.9 Å². The van der Waals surface area contributed by atoms with Gasteiger partial charge in [0, 0.05) is 0 Å². The molecule has 3 aliphatic heterocycles. The van der Waals surface area contributed by atoms with Crippen molar-refractivity contribution in [2.45, 2.75) is 67.3 Å². The second-order valence-electron chi connectivity index (χ2n) is 14.2. The van der Waals surface area contributed by atoms with Crippen LogP contribution >= 0.6 is 0 Å².